The van der Waals surface area contributed by atoms with E-state index in [9.17, 15) is 13.6 Å². The van der Waals surface area contributed by atoms with E-state index in [-0.39, 0.29) is 16.9 Å². The molecule has 1 aliphatic heterocycles. The van der Waals surface area contributed by atoms with Gasteiger partial charge >= 0.3 is 6.29 Å². The molecule has 0 radical (unpaired) electrons. The third kappa shape index (κ3) is 1.92. The van der Waals surface area contributed by atoms with Crippen molar-refractivity contribution in [3.05, 3.63) is 58.8 Å². The first kappa shape index (κ1) is 12.8. The summed E-state index contributed by atoms with van der Waals surface area (Å²) >= 11 is 0. The molecule has 0 fully saturated rings. The van der Waals surface area contributed by atoms with Crippen LogP contribution in [0.15, 0.2) is 53.3 Å². The number of nitrogens with one attached hydrogen (secondary N) is 1. The largest absolute Gasteiger partial charge is 0.586 e. The van der Waals surface area contributed by atoms with Crippen LogP contribution >= 0.6 is 0 Å². The monoisotopic (exact) mass is 301 g/mol. The van der Waals surface area contributed by atoms with Crippen molar-refractivity contribution in [1.29, 1.82) is 0 Å². The van der Waals surface area contributed by atoms with Crippen LogP contribution in [0.3, 0.4) is 0 Å². The number of halogens is 2. The lowest BCUT2D eigenvalue weighted by atomic mass is 10.1. The average molecular weight is 301 g/mol. The summed E-state index contributed by atoms with van der Waals surface area (Å²) in [6.45, 7) is 0. The summed E-state index contributed by atoms with van der Waals surface area (Å²) < 4.78 is 35.5. The fourth-order valence-electron chi connectivity index (χ4n) is 2.52. The van der Waals surface area contributed by atoms with Gasteiger partial charge in [0.05, 0.1) is 5.69 Å². The molecule has 0 bridgehead atoms. The summed E-state index contributed by atoms with van der Waals surface area (Å²) in [5.74, 6) is -0.144. The van der Waals surface area contributed by atoms with Crippen LogP contribution in [-0.2, 0) is 0 Å². The molecule has 1 N–H and O–H groups in total. The molecule has 0 saturated heterocycles. The quantitative estimate of drug-likeness (QED) is 0.748. The van der Waals surface area contributed by atoms with Crippen molar-refractivity contribution >= 4 is 10.9 Å². The fourth-order valence-corrected chi connectivity index (χ4v) is 2.52. The van der Waals surface area contributed by atoms with E-state index < -0.39 is 6.29 Å². The number of H-pyrrole nitrogens is 1. The molecule has 0 spiro atoms. The average Bonchev–Trinajstić information content (AvgIpc) is 2.80. The lowest BCUT2D eigenvalue weighted by Gasteiger charge is -2.08. The van der Waals surface area contributed by atoms with Gasteiger partial charge in [0.15, 0.2) is 16.9 Å². The Morgan fingerprint density at radius 2 is 1.82 bits per heavy atom. The number of benzene rings is 2. The third-order valence-corrected chi connectivity index (χ3v) is 3.46. The standard InChI is InChI=1S/C16H9F2NO3/c17-16(18)21-14-7-3-5-10(15(14)22-16)12-8-13(20)9-4-1-2-6-11(9)19-12/h1-8H,(H,19,20). The third-order valence-electron chi connectivity index (χ3n) is 3.46. The number of hydrogen-bond donors (Lipinski definition) is 1. The number of rotatable bonds is 1. The molecule has 1 aliphatic rings. The Labute approximate surface area is 122 Å². The second kappa shape index (κ2) is 4.30. The highest BCUT2D eigenvalue weighted by atomic mass is 19.3. The van der Waals surface area contributed by atoms with Gasteiger partial charge in [0, 0.05) is 22.5 Å². The highest BCUT2D eigenvalue weighted by molar-refractivity contribution is 5.83. The molecule has 6 heteroatoms. The maximum absolute atomic E-state index is 13.2. The molecule has 0 aliphatic carbocycles. The van der Waals surface area contributed by atoms with E-state index in [1.54, 1.807) is 36.4 Å². The van der Waals surface area contributed by atoms with Crippen molar-refractivity contribution in [3.63, 3.8) is 0 Å². The van der Waals surface area contributed by atoms with E-state index in [0.29, 0.717) is 22.2 Å². The highest BCUT2D eigenvalue weighted by Crippen LogP contribution is 2.46. The van der Waals surface area contributed by atoms with Crippen molar-refractivity contribution in [2.75, 3.05) is 0 Å². The van der Waals surface area contributed by atoms with Gasteiger partial charge < -0.3 is 14.5 Å². The van der Waals surface area contributed by atoms with Gasteiger partial charge in [-0.05, 0) is 24.3 Å². The second-order valence-corrected chi connectivity index (χ2v) is 4.89. The Hall–Kier alpha value is -2.89. The molecule has 3 aromatic rings. The van der Waals surface area contributed by atoms with E-state index in [2.05, 4.69) is 14.5 Å². The maximum Gasteiger partial charge on any atom is 0.586 e. The minimum atomic E-state index is -3.70. The Morgan fingerprint density at radius 3 is 2.68 bits per heavy atom. The number of pyridine rings is 1. The van der Waals surface area contributed by atoms with Crippen molar-refractivity contribution in [1.82, 2.24) is 4.98 Å². The van der Waals surface area contributed by atoms with Crippen LogP contribution in [0.2, 0.25) is 0 Å². The van der Waals surface area contributed by atoms with Gasteiger partial charge in [-0.25, -0.2) is 0 Å². The second-order valence-electron chi connectivity index (χ2n) is 4.89. The van der Waals surface area contributed by atoms with E-state index in [1.807, 2.05) is 0 Å². The van der Waals surface area contributed by atoms with Crippen LogP contribution in [0.1, 0.15) is 0 Å². The number of hydrogen-bond acceptors (Lipinski definition) is 3. The number of aromatic nitrogens is 1. The Morgan fingerprint density at radius 1 is 1.00 bits per heavy atom. The topological polar surface area (TPSA) is 51.3 Å². The molecule has 4 rings (SSSR count). The SMILES string of the molecule is O=c1cc(-c2cccc3c2OC(F)(F)O3)[nH]c2ccccc12. The summed E-state index contributed by atoms with van der Waals surface area (Å²) in [6, 6.07) is 12.9. The number of para-hydroxylation sites is 2. The van der Waals surface area contributed by atoms with E-state index >= 15 is 0 Å². The molecule has 1 aromatic heterocycles. The van der Waals surface area contributed by atoms with Crippen LogP contribution in [0.5, 0.6) is 11.5 Å². The highest BCUT2D eigenvalue weighted by Gasteiger charge is 2.44. The van der Waals surface area contributed by atoms with Gasteiger partial charge in [0.1, 0.15) is 0 Å². The summed E-state index contributed by atoms with van der Waals surface area (Å²) in [7, 11) is 0. The molecule has 0 amide bonds. The van der Waals surface area contributed by atoms with Crippen LogP contribution in [0.4, 0.5) is 8.78 Å². The van der Waals surface area contributed by atoms with E-state index in [0.717, 1.165) is 0 Å². The van der Waals surface area contributed by atoms with Crippen LogP contribution in [0.25, 0.3) is 22.2 Å². The molecule has 0 atom stereocenters. The molecule has 0 unspecified atom stereocenters. The van der Waals surface area contributed by atoms with Crippen LogP contribution in [-0.4, -0.2) is 11.3 Å². The molecular weight excluding hydrogens is 292 g/mol. The van der Waals surface area contributed by atoms with Crippen LogP contribution < -0.4 is 14.9 Å². The zero-order chi connectivity index (χ0) is 15.3. The zero-order valence-electron chi connectivity index (χ0n) is 11.1. The molecule has 110 valence electrons. The smallest absolute Gasteiger partial charge is 0.395 e. The van der Waals surface area contributed by atoms with E-state index in [1.165, 1.54) is 12.1 Å². The van der Waals surface area contributed by atoms with Crippen molar-refractivity contribution in [2.24, 2.45) is 0 Å². The first-order chi connectivity index (χ1) is 10.5. The minimum absolute atomic E-state index is 0.0588. The molecule has 0 saturated carbocycles. The number of ether oxygens (including phenoxy) is 2. The van der Waals surface area contributed by atoms with Crippen molar-refractivity contribution in [2.45, 2.75) is 6.29 Å². The molecular formula is C16H9F2NO3. The maximum atomic E-state index is 13.2. The number of alkyl halides is 2. The molecule has 2 heterocycles. The predicted molar refractivity (Wildman–Crippen MR) is 76.2 cm³/mol. The summed E-state index contributed by atoms with van der Waals surface area (Å²) in [4.78, 5) is 15.2. The number of aromatic amines is 1. The summed E-state index contributed by atoms with van der Waals surface area (Å²) in [5, 5.41) is 0.529. The Kier molecular flexibility index (Phi) is 2.51. The van der Waals surface area contributed by atoms with Crippen molar-refractivity contribution in [3.8, 4) is 22.8 Å². The van der Waals surface area contributed by atoms with Crippen molar-refractivity contribution < 1.29 is 18.3 Å². The molecule has 2 aromatic carbocycles. The lowest BCUT2D eigenvalue weighted by molar-refractivity contribution is -0.286. The van der Waals surface area contributed by atoms with E-state index in [4.69, 9.17) is 0 Å². The van der Waals surface area contributed by atoms with Crippen LogP contribution in [0, 0.1) is 0 Å². The van der Waals surface area contributed by atoms with Gasteiger partial charge in [0.2, 0.25) is 0 Å². The van der Waals surface area contributed by atoms with Gasteiger partial charge in [-0.15, -0.1) is 8.78 Å². The lowest BCUT2D eigenvalue weighted by Crippen LogP contribution is -2.26. The van der Waals surface area contributed by atoms with Gasteiger partial charge in [-0.1, -0.05) is 18.2 Å². The summed E-state index contributed by atoms with van der Waals surface area (Å²) in [6.07, 6.45) is -3.70. The first-order valence-electron chi connectivity index (χ1n) is 6.55. The molecule has 4 nitrogen and oxygen atoms in total. The Balaban J connectivity index is 1.95. The van der Waals surface area contributed by atoms with Gasteiger partial charge in [-0.2, -0.15) is 0 Å². The summed E-state index contributed by atoms with van der Waals surface area (Å²) in [5.41, 5.74) is 1.15. The normalized spacial score (nSPS) is 15.2. The Bertz CT molecular complexity index is 950. The van der Waals surface area contributed by atoms with Gasteiger partial charge in [-0.3, -0.25) is 4.79 Å². The zero-order valence-corrected chi connectivity index (χ0v) is 11.1. The van der Waals surface area contributed by atoms with Gasteiger partial charge in [0.25, 0.3) is 0 Å². The number of fused-ring (bicyclic) bond motifs is 2. The minimum Gasteiger partial charge on any atom is -0.395 e. The molecule has 22 heavy (non-hydrogen) atoms. The predicted octanol–water partition coefficient (Wildman–Crippen LogP) is 3.52. The first-order valence-corrected chi connectivity index (χ1v) is 6.55. The fraction of sp³-hybridized carbons (Fsp3) is 0.0625.